The van der Waals surface area contributed by atoms with E-state index in [-0.39, 0.29) is 0 Å². The molecule has 0 aromatic carbocycles. The average molecular weight is 200 g/mol. The molecule has 3 N–H and O–H groups in total. The standard InChI is InChI=1S/C11H26N3/c1-10(13-3)9-11(14-4)7-5-6-8-12-2/h5,10-14H,6-9H2,1-4H3. The Morgan fingerprint density at radius 1 is 1.14 bits per heavy atom. The van der Waals surface area contributed by atoms with Crippen molar-refractivity contribution in [2.24, 2.45) is 0 Å². The maximum Gasteiger partial charge on any atom is 0.00815 e. The normalized spacial score (nSPS) is 15.4. The third-order valence-corrected chi connectivity index (χ3v) is 2.59. The SMILES string of the molecule is CNCC[CH]CC(CC(C)NC)NC. The van der Waals surface area contributed by atoms with Gasteiger partial charge < -0.3 is 16.0 Å². The smallest absolute Gasteiger partial charge is 0.00815 e. The van der Waals surface area contributed by atoms with Gasteiger partial charge in [0.25, 0.3) is 0 Å². The number of nitrogens with one attached hydrogen (secondary N) is 3. The van der Waals surface area contributed by atoms with Crippen LogP contribution in [0.4, 0.5) is 0 Å². The van der Waals surface area contributed by atoms with E-state index in [9.17, 15) is 0 Å². The molecular formula is C11H26N3. The zero-order valence-corrected chi connectivity index (χ0v) is 10.1. The molecule has 2 atom stereocenters. The Morgan fingerprint density at radius 3 is 2.36 bits per heavy atom. The van der Waals surface area contributed by atoms with Gasteiger partial charge in [0.1, 0.15) is 0 Å². The molecule has 2 unspecified atom stereocenters. The first-order valence-electron chi connectivity index (χ1n) is 5.55. The summed E-state index contributed by atoms with van der Waals surface area (Å²) in [5.74, 6) is 0. The van der Waals surface area contributed by atoms with Crippen molar-refractivity contribution in [1.29, 1.82) is 0 Å². The highest BCUT2D eigenvalue weighted by Gasteiger charge is 2.09. The van der Waals surface area contributed by atoms with Crippen LogP contribution in [-0.4, -0.2) is 39.8 Å². The summed E-state index contributed by atoms with van der Waals surface area (Å²) in [6.07, 6.45) is 5.86. The van der Waals surface area contributed by atoms with Crippen LogP contribution in [0, 0.1) is 6.42 Å². The number of unbranched alkanes of at least 4 members (excludes halogenated alkanes) is 1. The molecule has 0 aliphatic heterocycles. The van der Waals surface area contributed by atoms with Gasteiger partial charge >= 0.3 is 0 Å². The maximum atomic E-state index is 3.35. The number of hydrogen-bond acceptors (Lipinski definition) is 3. The molecule has 14 heavy (non-hydrogen) atoms. The second-order valence-electron chi connectivity index (χ2n) is 3.83. The van der Waals surface area contributed by atoms with Crippen molar-refractivity contribution in [1.82, 2.24) is 16.0 Å². The fourth-order valence-electron chi connectivity index (χ4n) is 1.44. The highest BCUT2D eigenvalue weighted by atomic mass is 14.9. The molecule has 0 aliphatic rings. The van der Waals surface area contributed by atoms with E-state index in [0.717, 1.165) is 19.4 Å². The molecule has 0 aromatic heterocycles. The maximum absolute atomic E-state index is 3.35. The first-order chi connectivity index (χ1) is 6.74. The van der Waals surface area contributed by atoms with Gasteiger partial charge in [0, 0.05) is 12.1 Å². The van der Waals surface area contributed by atoms with E-state index in [2.05, 4.69) is 29.3 Å². The Morgan fingerprint density at radius 2 is 1.86 bits per heavy atom. The molecule has 0 saturated heterocycles. The summed E-state index contributed by atoms with van der Waals surface area (Å²) in [6.45, 7) is 3.30. The van der Waals surface area contributed by atoms with Crippen LogP contribution in [0.5, 0.6) is 0 Å². The first-order valence-corrected chi connectivity index (χ1v) is 5.55. The monoisotopic (exact) mass is 200 g/mol. The van der Waals surface area contributed by atoms with Crippen molar-refractivity contribution in [2.75, 3.05) is 27.7 Å². The van der Waals surface area contributed by atoms with E-state index in [1.165, 1.54) is 6.42 Å². The van der Waals surface area contributed by atoms with Gasteiger partial charge in [-0.15, -0.1) is 0 Å². The van der Waals surface area contributed by atoms with Crippen LogP contribution in [0.25, 0.3) is 0 Å². The van der Waals surface area contributed by atoms with E-state index in [0.29, 0.717) is 12.1 Å². The minimum Gasteiger partial charge on any atom is -0.320 e. The average Bonchev–Trinajstić information content (AvgIpc) is 2.22. The molecule has 0 bridgehead atoms. The fraction of sp³-hybridized carbons (Fsp3) is 0.909. The Balaban J connectivity index is 3.47. The largest absolute Gasteiger partial charge is 0.320 e. The van der Waals surface area contributed by atoms with Crippen LogP contribution in [0.3, 0.4) is 0 Å². The fourth-order valence-corrected chi connectivity index (χ4v) is 1.44. The zero-order valence-electron chi connectivity index (χ0n) is 10.1. The molecule has 1 radical (unpaired) electrons. The summed E-state index contributed by atoms with van der Waals surface area (Å²) in [6, 6.07) is 1.19. The molecule has 0 rings (SSSR count). The lowest BCUT2D eigenvalue weighted by molar-refractivity contribution is 0.437. The zero-order chi connectivity index (χ0) is 10.8. The Bertz CT molecular complexity index is 117. The molecule has 0 aromatic rings. The van der Waals surface area contributed by atoms with Crippen LogP contribution >= 0.6 is 0 Å². The minimum absolute atomic E-state index is 0.588. The summed E-state index contributed by atoms with van der Waals surface area (Å²) in [4.78, 5) is 0. The van der Waals surface area contributed by atoms with Crippen LogP contribution in [0.1, 0.15) is 26.2 Å². The van der Waals surface area contributed by atoms with Crippen molar-refractivity contribution in [3.63, 3.8) is 0 Å². The predicted molar refractivity (Wildman–Crippen MR) is 63.4 cm³/mol. The number of hydrogen-bond donors (Lipinski definition) is 3. The Labute approximate surface area is 89.0 Å². The van der Waals surface area contributed by atoms with Crippen molar-refractivity contribution in [2.45, 2.75) is 38.3 Å². The molecule has 3 heteroatoms. The quantitative estimate of drug-likeness (QED) is 0.481. The molecule has 0 amide bonds. The van der Waals surface area contributed by atoms with Gasteiger partial charge in [0.05, 0.1) is 0 Å². The molecular weight excluding hydrogens is 174 g/mol. The summed E-state index contributed by atoms with van der Waals surface area (Å²) in [5, 5.41) is 9.76. The summed E-state index contributed by atoms with van der Waals surface area (Å²) in [7, 11) is 6.05. The lowest BCUT2D eigenvalue weighted by Gasteiger charge is -2.20. The van der Waals surface area contributed by atoms with Gasteiger partial charge in [-0.05, 0) is 60.3 Å². The first kappa shape index (κ1) is 13.9. The molecule has 0 saturated carbocycles. The molecule has 0 heterocycles. The lowest BCUT2D eigenvalue weighted by Crippen LogP contribution is -2.34. The molecule has 3 nitrogen and oxygen atoms in total. The van der Waals surface area contributed by atoms with E-state index in [1.807, 2.05) is 21.1 Å². The Kier molecular flexibility index (Phi) is 9.35. The van der Waals surface area contributed by atoms with Crippen molar-refractivity contribution in [3.8, 4) is 0 Å². The van der Waals surface area contributed by atoms with Crippen molar-refractivity contribution >= 4 is 0 Å². The third-order valence-electron chi connectivity index (χ3n) is 2.59. The van der Waals surface area contributed by atoms with E-state index in [4.69, 9.17) is 0 Å². The van der Waals surface area contributed by atoms with Crippen LogP contribution in [-0.2, 0) is 0 Å². The van der Waals surface area contributed by atoms with Crippen LogP contribution < -0.4 is 16.0 Å². The van der Waals surface area contributed by atoms with E-state index < -0.39 is 0 Å². The molecule has 85 valence electrons. The third kappa shape index (κ3) is 7.30. The van der Waals surface area contributed by atoms with Crippen molar-refractivity contribution in [3.05, 3.63) is 6.42 Å². The molecule has 0 aliphatic carbocycles. The van der Waals surface area contributed by atoms with Crippen molar-refractivity contribution < 1.29 is 0 Å². The second-order valence-corrected chi connectivity index (χ2v) is 3.83. The highest BCUT2D eigenvalue weighted by molar-refractivity contribution is 4.78. The number of rotatable bonds is 9. The summed E-state index contributed by atoms with van der Waals surface area (Å²) < 4.78 is 0. The predicted octanol–water partition coefficient (Wildman–Crippen LogP) is 0.776. The molecule has 0 spiro atoms. The van der Waals surface area contributed by atoms with Gasteiger partial charge in [0.15, 0.2) is 0 Å². The van der Waals surface area contributed by atoms with Gasteiger partial charge in [-0.2, -0.15) is 0 Å². The minimum atomic E-state index is 0.588. The summed E-state index contributed by atoms with van der Waals surface area (Å²) in [5.41, 5.74) is 0. The van der Waals surface area contributed by atoms with Gasteiger partial charge in [-0.3, -0.25) is 0 Å². The van der Waals surface area contributed by atoms with Gasteiger partial charge in [-0.1, -0.05) is 0 Å². The summed E-state index contributed by atoms with van der Waals surface area (Å²) >= 11 is 0. The Hall–Kier alpha value is -0.120. The van der Waals surface area contributed by atoms with Crippen LogP contribution in [0.2, 0.25) is 0 Å². The lowest BCUT2D eigenvalue weighted by atomic mass is 10.0. The van der Waals surface area contributed by atoms with E-state index in [1.54, 1.807) is 0 Å². The van der Waals surface area contributed by atoms with Gasteiger partial charge in [0.2, 0.25) is 0 Å². The van der Waals surface area contributed by atoms with Gasteiger partial charge in [-0.25, -0.2) is 0 Å². The second kappa shape index (κ2) is 9.44. The molecule has 0 fully saturated rings. The van der Waals surface area contributed by atoms with E-state index >= 15 is 0 Å². The topological polar surface area (TPSA) is 36.1 Å². The van der Waals surface area contributed by atoms with Crippen LogP contribution in [0.15, 0.2) is 0 Å². The highest BCUT2D eigenvalue weighted by Crippen LogP contribution is 2.05.